The number of rotatable bonds is 4. The van der Waals surface area contributed by atoms with Crippen LogP contribution in [-0.2, 0) is 13.6 Å². The van der Waals surface area contributed by atoms with Crippen molar-refractivity contribution in [3.63, 3.8) is 0 Å². The van der Waals surface area contributed by atoms with Gasteiger partial charge < -0.3 is 25.4 Å². The Bertz CT molecular complexity index is 1460. The highest BCUT2D eigenvalue weighted by atomic mass is 16.1. The zero-order chi connectivity index (χ0) is 22.9. The van der Waals surface area contributed by atoms with Gasteiger partial charge in [-0.2, -0.15) is 0 Å². The largest absolute Gasteiger partial charge is 0.353 e. The second-order valence-electron chi connectivity index (χ2n) is 9.40. The van der Waals surface area contributed by atoms with Crippen LogP contribution in [0, 0.1) is 0 Å². The summed E-state index contributed by atoms with van der Waals surface area (Å²) in [7, 11) is 1.97. The summed E-state index contributed by atoms with van der Waals surface area (Å²) in [4.78, 5) is 29.2. The number of aryl methyl sites for hydroxylation is 1. The number of nitrogens with zero attached hydrogens (tertiary/aromatic N) is 5. The Hall–Kier alpha value is -3.98. The Balaban J connectivity index is 1.24. The van der Waals surface area contributed by atoms with Crippen molar-refractivity contribution in [1.29, 1.82) is 0 Å². The number of pyridine rings is 3. The molecule has 9 nitrogen and oxygen atoms in total. The molecule has 2 saturated heterocycles. The lowest BCUT2D eigenvalue weighted by molar-refractivity contribution is 0.0966. The van der Waals surface area contributed by atoms with Crippen LogP contribution in [0.3, 0.4) is 0 Å². The predicted octanol–water partition coefficient (Wildman–Crippen LogP) is 2.57. The molecule has 3 N–H and O–H groups in total. The maximum Gasteiger partial charge on any atom is 0.254 e. The van der Waals surface area contributed by atoms with Crippen molar-refractivity contribution in [2.45, 2.75) is 18.5 Å². The van der Waals surface area contributed by atoms with Gasteiger partial charge in [-0.15, -0.1) is 0 Å². The fourth-order valence-electron chi connectivity index (χ4n) is 5.34. The van der Waals surface area contributed by atoms with Gasteiger partial charge in [0.15, 0.2) is 0 Å². The van der Waals surface area contributed by atoms with Crippen molar-refractivity contribution in [3.05, 3.63) is 60.0 Å². The zero-order valence-electron chi connectivity index (χ0n) is 18.8. The van der Waals surface area contributed by atoms with Gasteiger partial charge in [0.05, 0.1) is 28.7 Å². The second kappa shape index (κ2) is 7.01. The first-order chi connectivity index (χ1) is 16.6. The highest BCUT2D eigenvalue weighted by molar-refractivity contribution is 6.06. The summed E-state index contributed by atoms with van der Waals surface area (Å²) in [5.41, 5.74) is 5.14. The van der Waals surface area contributed by atoms with E-state index in [2.05, 4.69) is 25.8 Å². The van der Waals surface area contributed by atoms with Crippen LogP contribution in [0.5, 0.6) is 0 Å². The number of aromatic nitrogens is 4. The molecule has 1 spiro atoms. The van der Waals surface area contributed by atoms with E-state index >= 15 is 0 Å². The molecule has 170 valence electrons. The smallest absolute Gasteiger partial charge is 0.254 e. The van der Waals surface area contributed by atoms with Crippen LogP contribution in [0.25, 0.3) is 22.3 Å². The molecule has 0 aliphatic carbocycles. The molecule has 1 amide bonds. The monoisotopic (exact) mass is 452 g/mol. The number of anilines is 3. The number of fused-ring (bicyclic) bond motifs is 2. The van der Waals surface area contributed by atoms with Gasteiger partial charge in [0.1, 0.15) is 17.3 Å². The standard InChI is InChI=1S/C25H24N8O/c1-32-10-6-16-15(5-8-26-23(16)32)22-17-11-28-24(34)21(17)18(12-27-22)30-19-3-2-4-20(31-19)33-13-25(14-33)7-9-29-25/h2-6,8,10,12,29H,7,9,11,13-14H2,1H3,(H,28,34)(H,30,31). The zero-order valence-corrected chi connectivity index (χ0v) is 18.8. The summed E-state index contributed by atoms with van der Waals surface area (Å²) in [5.74, 6) is 1.54. The van der Waals surface area contributed by atoms with E-state index < -0.39 is 0 Å². The molecule has 0 aromatic carbocycles. The molecule has 0 saturated carbocycles. The first-order valence-electron chi connectivity index (χ1n) is 11.5. The van der Waals surface area contributed by atoms with Crippen LogP contribution in [-0.4, -0.2) is 50.6 Å². The Morgan fingerprint density at radius 1 is 1.15 bits per heavy atom. The van der Waals surface area contributed by atoms with Crippen LogP contribution < -0.4 is 20.9 Å². The molecule has 0 atom stereocenters. The number of hydrogen-bond donors (Lipinski definition) is 3. The Morgan fingerprint density at radius 2 is 2.03 bits per heavy atom. The second-order valence-corrected chi connectivity index (χ2v) is 9.40. The molecule has 7 rings (SSSR count). The van der Waals surface area contributed by atoms with Crippen LogP contribution in [0.1, 0.15) is 22.3 Å². The fraction of sp³-hybridized carbons (Fsp3) is 0.280. The molecular weight excluding hydrogens is 428 g/mol. The first-order valence-corrected chi connectivity index (χ1v) is 11.5. The summed E-state index contributed by atoms with van der Waals surface area (Å²) < 4.78 is 1.98. The fourth-order valence-corrected chi connectivity index (χ4v) is 5.34. The van der Waals surface area contributed by atoms with Gasteiger partial charge in [-0.05, 0) is 37.2 Å². The van der Waals surface area contributed by atoms with E-state index in [9.17, 15) is 4.79 Å². The Morgan fingerprint density at radius 3 is 2.85 bits per heavy atom. The van der Waals surface area contributed by atoms with E-state index in [-0.39, 0.29) is 5.91 Å². The van der Waals surface area contributed by atoms with Gasteiger partial charge in [0, 0.05) is 55.6 Å². The van der Waals surface area contributed by atoms with Gasteiger partial charge in [-0.25, -0.2) is 9.97 Å². The SMILES string of the molecule is Cn1ccc2c(-c3ncc(Nc4cccc(N5CC6(CCN6)C5)n4)c4c3CNC4=O)ccnc21. The molecule has 4 aromatic heterocycles. The van der Waals surface area contributed by atoms with E-state index in [1.807, 2.05) is 48.1 Å². The summed E-state index contributed by atoms with van der Waals surface area (Å²) in [5, 5.41) is 10.9. The minimum Gasteiger partial charge on any atom is -0.353 e. The number of carbonyl (C=O) groups is 1. The highest BCUT2D eigenvalue weighted by Gasteiger charge is 2.47. The van der Waals surface area contributed by atoms with Crippen molar-refractivity contribution >= 4 is 34.3 Å². The predicted molar refractivity (Wildman–Crippen MR) is 130 cm³/mol. The normalized spacial score (nSPS) is 17.9. The molecule has 2 fully saturated rings. The molecule has 3 aliphatic rings. The van der Waals surface area contributed by atoms with Crippen molar-refractivity contribution in [2.24, 2.45) is 7.05 Å². The van der Waals surface area contributed by atoms with E-state index in [1.165, 1.54) is 6.42 Å². The topological polar surface area (TPSA) is 100 Å². The van der Waals surface area contributed by atoms with Gasteiger partial charge in [-0.3, -0.25) is 9.78 Å². The molecule has 0 unspecified atom stereocenters. The van der Waals surface area contributed by atoms with E-state index in [4.69, 9.17) is 9.97 Å². The number of amides is 1. The number of hydrogen-bond acceptors (Lipinski definition) is 7. The maximum absolute atomic E-state index is 12.8. The maximum atomic E-state index is 12.8. The van der Waals surface area contributed by atoms with Gasteiger partial charge >= 0.3 is 0 Å². The lowest BCUT2D eigenvalue weighted by atomic mass is 9.80. The molecule has 0 bridgehead atoms. The van der Waals surface area contributed by atoms with Crippen molar-refractivity contribution in [1.82, 2.24) is 30.2 Å². The minimum absolute atomic E-state index is 0.101. The molecule has 3 aliphatic heterocycles. The Labute approximate surface area is 196 Å². The van der Waals surface area contributed by atoms with Crippen molar-refractivity contribution < 1.29 is 4.79 Å². The van der Waals surface area contributed by atoms with Gasteiger partial charge in [-0.1, -0.05) is 6.07 Å². The Kier molecular flexibility index (Phi) is 4.02. The summed E-state index contributed by atoms with van der Waals surface area (Å²) in [6.07, 6.45) is 6.74. The summed E-state index contributed by atoms with van der Waals surface area (Å²) in [6.45, 7) is 3.52. The highest BCUT2D eigenvalue weighted by Crippen LogP contribution is 2.37. The van der Waals surface area contributed by atoms with Crippen LogP contribution in [0.2, 0.25) is 0 Å². The lowest BCUT2D eigenvalue weighted by Gasteiger charge is -2.56. The van der Waals surface area contributed by atoms with E-state index in [0.717, 1.165) is 53.3 Å². The molecule has 0 radical (unpaired) electrons. The van der Waals surface area contributed by atoms with E-state index in [1.54, 1.807) is 12.4 Å². The third-order valence-electron chi connectivity index (χ3n) is 7.27. The van der Waals surface area contributed by atoms with Gasteiger partial charge in [0.2, 0.25) is 0 Å². The van der Waals surface area contributed by atoms with Gasteiger partial charge in [0.25, 0.3) is 5.91 Å². The molecule has 4 aromatic rings. The third-order valence-corrected chi connectivity index (χ3v) is 7.27. The molecule has 7 heterocycles. The quantitative estimate of drug-likeness (QED) is 0.438. The molecule has 34 heavy (non-hydrogen) atoms. The van der Waals surface area contributed by atoms with Crippen LogP contribution in [0.15, 0.2) is 48.9 Å². The number of nitrogens with one attached hydrogen (secondary N) is 3. The van der Waals surface area contributed by atoms with Crippen LogP contribution in [0.4, 0.5) is 17.3 Å². The summed E-state index contributed by atoms with van der Waals surface area (Å²) >= 11 is 0. The lowest BCUT2D eigenvalue weighted by Crippen LogP contribution is -2.76. The third kappa shape index (κ3) is 2.83. The van der Waals surface area contributed by atoms with Crippen molar-refractivity contribution in [3.8, 4) is 11.3 Å². The molecular formula is C25H24N8O. The van der Waals surface area contributed by atoms with E-state index in [0.29, 0.717) is 29.2 Å². The summed E-state index contributed by atoms with van der Waals surface area (Å²) in [6, 6.07) is 9.95. The molecule has 9 heteroatoms. The first kappa shape index (κ1) is 19.5. The number of carbonyl (C=O) groups excluding carboxylic acids is 1. The average molecular weight is 453 g/mol. The average Bonchev–Trinajstić information content (AvgIpc) is 3.36. The minimum atomic E-state index is -0.101. The van der Waals surface area contributed by atoms with Crippen molar-refractivity contribution in [2.75, 3.05) is 29.9 Å². The van der Waals surface area contributed by atoms with Crippen LogP contribution >= 0.6 is 0 Å².